The van der Waals surface area contributed by atoms with Gasteiger partial charge in [-0.3, -0.25) is 9.59 Å². The lowest BCUT2D eigenvalue weighted by Gasteiger charge is -2.35. The van der Waals surface area contributed by atoms with E-state index in [1.165, 1.54) is 0 Å². The van der Waals surface area contributed by atoms with E-state index < -0.39 is 5.97 Å². The number of hydrogen-bond acceptors (Lipinski definition) is 4. The van der Waals surface area contributed by atoms with Crippen molar-refractivity contribution in [3.8, 4) is 5.75 Å². The molecule has 1 heterocycles. The van der Waals surface area contributed by atoms with E-state index in [1.54, 1.807) is 30.2 Å². The van der Waals surface area contributed by atoms with Crippen LogP contribution in [0, 0.1) is 11.8 Å². The van der Waals surface area contributed by atoms with E-state index in [1.807, 2.05) is 13.0 Å². The Hall–Kier alpha value is -2.08. The van der Waals surface area contributed by atoms with Crippen LogP contribution in [-0.2, 0) is 9.53 Å². The molecule has 2 rings (SSSR count). The van der Waals surface area contributed by atoms with Gasteiger partial charge in [0, 0.05) is 38.8 Å². The van der Waals surface area contributed by atoms with Gasteiger partial charge in [-0.1, -0.05) is 13.0 Å². The minimum absolute atomic E-state index is 0.0475. The molecule has 0 aromatic heterocycles. The van der Waals surface area contributed by atoms with Crippen LogP contribution in [0.1, 0.15) is 30.1 Å². The smallest absolute Gasteiger partial charge is 0.306 e. The monoisotopic (exact) mass is 335 g/mol. The summed E-state index contributed by atoms with van der Waals surface area (Å²) in [5.74, 6) is -0.613. The third-order valence-corrected chi connectivity index (χ3v) is 4.35. The van der Waals surface area contributed by atoms with E-state index in [-0.39, 0.29) is 17.7 Å². The molecule has 1 amide bonds. The Morgan fingerprint density at radius 2 is 2.12 bits per heavy atom. The van der Waals surface area contributed by atoms with Gasteiger partial charge in [-0.25, -0.2) is 0 Å². The zero-order chi connectivity index (χ0) is 17.5. The maximum atomic E-state index is 12.7. The minimum atomic E-state index is -0.777. The highest BCUT2D eigenvalue weighted by atomic mass is 16.5. The first-order chi connectivity index (χ1) is 11.5. The van der Waals surface area contributed by atoms with Crippen molar-refractivity contribution in [2.24, 2.45) is 11.8 Å². The summed E-state index contributed by atoms with van der Waals surface area (Å²) in [6.07, 6.45) is 1.28. The predicted molar refractivity (Wildman–Crippen MR) is 89.2 cm³/mol. The van der Waals surface area contributed by atoms with Crippen molar-refractivity contribution in [3.05, 3.63) is 29.8 Å². The molecule has 2 atom stereocenters. The second-order valence-electron chi connectivity index (χ2n) is 6.18. The lowest BCUT2D eigenvalue weighted by molar-refractivity contribution is -0.145. The fourth-order valence-electron chi connectivity index (χ4n) is 2.99. The second kappa shape index (κ2) is 8.68. The van der Waals surface area contributed by atoms with Crippen molar-refractivity contribution in [2.45, 2.75) is 19.8 Å². The van der Waals surface area contributed by atoms with Crippen molar-refractivity contribution in [3.63, 3.8) is 0 Å². The highest BCUT2D eigenvalue weighted by Crippen LogP contribution is 2.25. The average Bonchev–Trinajstić information content (AvgIpc) is 2.58. The number of rotatable bonds is 7. The number of aliphatic carboxylic acids is 1. The average molecular weight is 335 g/mol. The Bertz CT molecular complexity index is 574. The molecule has 0 saturated carbocycles. The largest absolute Gasteiger partial charge is 0.493 e. The van der Waals surface area contributed by atoms with E-state index in [0.717, 1.165) is 6.42 Å². The molecular formula is C18H25NO5. The second-order valence-corrected chi connectivity index (χ2v) is 6.18. The summed E-state index contributed by atoms with van der Waals surface area (Å²) in [6, 6.07) is 7.12. The molecule has 1 aliphatic rings. The number of nitrogens with zero attached hydrogens (tertiary/aromatic N) is 1. The van der Waals surface area contributed by atoms with Crippen LogP contribution in [0.2, 0.25) is 0 Å². The van der Waals surface area contributed by atoms with E-state index in [9.17, 15) is 14.7 Å². The molecule has 6 heteroatoms. The van der Waals surface area contributed by atoms with Gasteiger partial charge in [0.15, 0.2) is 0 Å². The number of likely N-dealkylation sites (tertiary alicyclic amines) is 1. The number of carbonyl (C=O) groups excluding carboxylic acids is 1. The van der Waals surface area contributed by atoms with Gasteiger partial charge in [0.25, 0.3) is 5.91 Å². The Morgan fingerprint density at radius 1 is 1.33 bits per heavy atom. The van der Waals surface area contributed by atoms with Crippen molar-refractivity contribution in [2.75, 3.05) is 33.4 Å². The van der Waals surface area contributed by atoms with Crippen molar-refractivity contribution < 1.29 is 24.2 Å². The molecule has 1 fully saturated rings. The van der Waals surface area contributed by atoms with Crippen LogP contribution < -0.4 is 4.74 Å². The summed E-state index contributed by atoms with van der Waals surface area (Å²) in [6.45, 7) is 3.99. The Kier molecular flexibility index (Phi) is 6.61. The fourth-order valence-corrected chi connectivity index (χ4v) is 2.99. The van der Waals surface area contributed by atoms with Gasteiger partial charge in [-0.05, 0) is 30.5 Å². The fraction of sp³-hybridized carbons (Fsp3) is 0.556. The zero-order valence-electron chi connectivity index (χ0n) is 14.2. The third-order valence-electron chi connectivity index (χ3n) is 4.35. The number of methoxy groups -OCH3 is 1. The molecule has 1 saturated heterocycles. The quantitative estimate of drug-likeness (QED) is 0.774. The number of carboxylic acids is 1. The summed E-state index contributed by atoms with van der Waals surface area (Å²) in [5, 5.41) is 9.18. The van der Waals surface area contributed by atoms with E-state index in [4.69, 9.17) is 9.47 Å². The number of carboxylic acid groups (broad SMARTS) is 1. The number of ether oxygens (including phenoxy) is 2. The summed E-state index contributed by atoms with van der Waals surface area (Å²) < 4.78 is 10.6. The molecule has 6 nitrogen and oxygen atoms in total. The van der Waals surface area contributed by atoms with Crippen molar-refractivity contribution >= 4 is 11.9 Å². The first-order valence-corrected chi connectivity index (χ1v) is 8.26. The van der Waals surface area contributed by atoms with Crippen molar-refractivity contribution in [1.29, 1.82) is 0 Å². The Labute approximate surface area is 142 Å². The third kappa shape index (κ3) is 4.71. The number of benzene rings is 1. The van der Waals surface area contributed by atoms with Gasteiger partial charge in [0.05, 0.1) is 12.5 Å². The van der Waals surface area contributed by atoms with Gasteiger partial charge < -0.3 is 19.5 Å². The lowest BCUT2D eigenvalue weighted by Crippen LogP contribution is -2.45. The molecule has 1 aliphatic heterocycles. The molecule has 0 spiro atoms. The molecular weight excluding hydrogens is 310 g/mol. The number of carbonyl (C=O) groups is 2. The van der Waals surface area contributed by atoms with Gasteiger partial charge in [0.1, 0.15) is 5.75 Å². The maximum absolute atomic E-state index is 12.7. The summed E-state index contributed by atoms with van der Waals surface area (Å²) in [5.41, 5.74) is 0.570. The molecule has 2 unspecified atom stereocenters. The zero-order valence-corrected chi connectivity index (χ0v) is 14.2. The minimum Gasteiger partial charge on any atom is -0.493 e. The molecule has 1 N–H and O–H groups in total. The topological polar surface area (TPSA) is 76.1 Å². The first-order valence-electron chi connectivity index (χ1n) is 8.26. The molecule has 0 bridgehead atoms. The normalized spacial score (nSPS) is 20.7. The van der Waals surface area contributed by atoms with Crippen LogP contribution in [0.5, 0.6) is 5.75 Å². The predicted octanol–water partition coefficient (Wildman–Crippen LogP) is 2.28. The van der Waals surface area contributed by atoms with Crippen LogP contribution in [-0.4, -0.2) is 55.3 Å². The van der Waals surface area contributed by atoms with Crippen LogP contribution in [0.25, 0.3) is 0 Å². The van der Waals surface area contributed by atoms with E-state index in [2.05, 4.69) is 0 Å². The van der Waals surface area contributed by atoms with Gasteiger partial charge in [-0.2, -0.15) is 0 Å². The maximum Gasteiger partial charge on any atom is 0.306 e. The summed E-state index contributed by atoms with van der Waals surface area (Å²) >= 11 is 0. The number of amides is 1. The standard InChI is InChI=1S/C18H25NO5/c1-13-12-19(8-7-16(13)18(21)22)17(20)14-5-3-6-15(11-14)24-10-4-9-23-2/h3,5-6,11,13,16H,4,7-10,12H2,1-2H3,(H,21,22). The van der Waals surface area contributed by atoms with Crippen molar-refractivity contribution in [1.82, 2.24) is 4.90 Å². The van der Waals surface area contributed by atoms with E-state index in [0.29, 0.717) is 44.0 Å². The molecule has 132 valence electrons. The van der Waals surface area contributed by atoms with Crippen LogP contribution >= 0.6 is 0 Å². The van der Waals surface area contributed by atoms with Crippen LogP contribution in [0.4, 0.5) is 0 Å². The van der Waals surface area contributed by atoms with Gasteiger partial charge >= 0.3 is 5.97 Å². The molecule has 0 radical (unpaired) electrons. The summed E-state index contributed by atoms with van der Waals surface area (Å²) in [7, 11) is 1.65. The van der Waals surface area contributed by atoms with E-state index >= 15 is 0 Å². The Balaban J connectivity index is 1.96. The molecule has 24 heavy (non-hydrogen) atoms. The Morgan fingerprint density at radius 3 is 2.79 bits per heavy atom. The highest BCUT2D eigenvalue weighted by Gasteiger charge is 2.33. The van der Waals surface area contributed by atoms with Gasteiger partial charge in [-0.15, -0.1) is 0 Å². The first kappa shape index (κ1) is 18.3. The SMILES string of the molecule is COCCCOc1cccc(C(=O)N2CCC(C(=O)O)C(C)C2)c1. The molecule has 1 aromatic rings. The van der Waals surface area contributed by atoms with Crippen LogP contribution in [0.3, 0.4) is 0 Å². The van der Waals surface area contributed by atoms with Gasteiger partial charge in [0.2, 0.25) is 0 Å². The lowest BCUT2D eigenvalue weighted by atomic mass is 9.87. The number of hydrogen-bond donors (Lipinski definition) is 1. The van der Waals surface area contributed by atoms with Crippen LogP contribution in [0.15, 0.2) is 24.3 Å². The number of piperidine rings is 1. The highest BCUT2D eigenvalue weighted by molar-refractivity contribution is 5.94. The molecule has 0 aliphatic carbocycles. The molecule has 1 aromatic carbocycles. The summed E-state index contributed by atoms with van der Waals surface area (Å²) in [4.78, 5) is 25.6.